The Labute approximate surface area is 121 Å². The van der Waals surface area contributed by atoms with E-state index in [2.05, 4.69) is 14.7 Å². The van der Waals surface area contributed by atoms with Crippen LogP contribution in [-0.4, -0.2) is 18.4 Å². The highest BCUT2D eigenvalue weighted by Crippen LogP contribution is 2.22. The summed E-state index contributed by atoms with van der Waals surface area (Å²) in [6.07, 6.45) is 1.72. The Morgan fingerprint density at radius 3 is 2.48 bits per heavy atom. The van der Waals surface area contributed by atoms with Crippen molar-refractivity contribution < 1.29 is 17.2 Å². The van der Waals surface area contributed by atoms with Gasteiger partial charge in [0.15, 0.2) is 5.03 Å². The molecule has 21 heavy (non-hydrogen) atoms. The van der Waals surface area contributed by atoms with Gasteiger partial charge in [0, 0.05) is 12.0 Å². The Morgan fingerprint density at radius 2 is 1.95 bits per heavy atom. The number of hydrogen-bond donors (Lipinski definition) is 2. The number of aromatic nitrogens is 2. The van der Waals surface area contributed by atoms with Crippen molar-refractivity contribution in [2.24, 2.45) is 0 Å². The van der Waals surface area contributed by atoms with Gasteiger partial charge in [0.05, 0.1) is 12.2 Å². The largest absolute Gasteiger partial charge is 0.332 e. The van der Waals surface area contributed by atoms with E-state index in [9.17, 15) is 17.2 Å². The van der Waals surface area contributed by atoms with Crippen LogP contribution in [0.15, 0.2) is 29.4 Å². The zero-order valence-electron chi connectivity index (χ0n) is 11.5. The smallest absolute Gasteiger partial charge is 0.258 e. The van der Waals surface area contributed by atoms with E-state index < -0.39 is 27.7 Å². The fourth-order valence-corrected chi connectivity index (χ4v) is 3.09. The minimum atomic E-state index is -3.93. The Bertz CT molecular complexity index is 723. The highest BCUT2D eigenvalue weighted by Gasteiger charge is 2.24. The van der Waals surface area contributed by atoms with Gasteiger partial charge < -0.3 is 4.98 Å². The molecule has 0 aliphatic carbocycles. The van der Waals surface area contributed by atoms with E-state index in [-0.39, 0.29) is 10.6 Å². The summed E-state index contributed by atoms with van der Waals surface area (Å²) in [5.41, 5.74) is -0.323. The lowest BCUT2D eigenvalue weighted by molar-refractivity contribution is 0.514. The number of halogens is 2. The molecule has 0 aliphatic rings. The standard InChI is InChI=1S/C13H15F2N3O2S/c1-3-11-16-7-12(17-11)21(19,20)18-8(2)13-9(14)5-4-6-10(13)15/h4-8,18H,3H2,1-2H3,(H,16,17). The van der Waals surface area contributed by atoms with Gasteiger partial charge >= 0.3 is 0 Å². The zero-order chi connectivity index (χ0) is 15.6. The maximum Gasteiger partial charge on any atom is 0.258 e. The normalized spacial score (nSPS) is 13.3. The Kier molecular flexibility index (Phi) is 4.38. The molecule has 1 atom stereocenters. The molecule has 1 heterocycles. The number of sulfonamides is 1. The molecular weight excluding hydrogens is 300 g/mol. The lowest BCUT2D eigenvalue weighted by Gasteiger charge is -2.15. The molecule has 2 N–H and O–H groups in total. The molecule has 0 saturated carbocycles. The third-order valence-electron chi connectivity index (χ3n) is 2.99. The van der Waals surface area contributed by atoms with Gasteiger partial charge in [-0.1, -0.05) is 13.0 Å². The number of nitrogens with zero attached hydrogens (tertiary/aromatic N) is 1. The minimum absolute atomic E-state index is 0.136. The number of aryl methyl sites for hydroxylation is 1. The first kappa shape index (κ1) is 15.6. The van der Waals surface area contributed by atoms with Gasteiger partial charge in [-0.05, 0) is 19.1 Å². The highest BCUT2D eigenvalue weighted by atomic mass is 32.2. The number of benzene rings is 1. The van der Waals surface area contributed by atoms with Crippen LogP contribution in [0.3, 0.4) is 0 Å². The van der Waals surface area contributed by atoms with E-state index in [4.69, 9.17) is 0 Å². The SMILES string of the molecule is CCc1ncc(S(=O)(=O)NC(C)c2c(F)cccc2F)[nH]1. The van der Waals surface area contributed by atoms with Crippen LogP contribution in [0.25, 0.3) is 0 Å². The van der Waals surface area contributed by atoms with Crippen molar-refractivity contribution in [1.29, 1.82) is 0 Å². The molecule has 1 unspecified atom stereocenters. The molecule has 0 radical (unpaired) electrons. The predicted octanol–water partition coefficient (Wildman–Crippen LogP) is 2.29. The van der Waals surface area contributed by atoms with E-state index in [0.29, 0.717) is 12.2 Å². The van der Waals surface area contributed by atoms with E-state index in [1.54, 1.807) is 0 Å². The van der Waals surface area contributed by atoms with Crippen molar-refractivity contribution in [1.82, 2.24) is 14.7 Å². The maximum absolute atomic E-state index is 13.6. The highest BCUT2D eigenvalue weighted by molar-refractivity contribution is 7.89. The second-order valence-corrected chi connectivity index (χ2v) is 6.21. The summed E-state index contributed by atoms with van der Waals surface area (Å²) in [4.78, 5) is 6.53. The van der Waals surface area contributed by atoms with Crippen LogP contribution in [0.5, 0.6) is 0 Å². The van der Waals surface area contributed by atoms with Gasteiger partial charge in [-0.15, -0.1) is 0 Å². The average Bonchev–Trinajstić information content (AvgIpc) is 2.87. The van der Waals surface area contributed by atoms with Crippen LogP contribution in [-0.2, 0) is 16.4 Å². The monoisotopic (exact) mass is 315 g/mol. The zero-order valence-corrected chi connectivity index (χ0v) is 12.3. The van der Waals surface area contributed by atoms with Gasteiger partial charge in [-0.3, -0.25) is 0 Å². The summed E-state index contributed by atoms with van der Waals surface area (Å²) in [5, 5.41) is -0.136. The van der Waals surface area contributed by atoms with E-state index >= 15 is 0 Å². The van der Waals surface area contributed by atoms with E-state index in [0.717, 1.165) is 12.1 Å². The first-order chi connectivity index (χ1) is 9.85. The number of aromatic amines is 1. The number of H-pyrrole nitrogens is 1. The second-order valence-electron chi connectivity index (χ2n) is 4.53. The van der Waals surface area contributed by atoms with E-state index in [1.807, 2.05) is 6.92 Å². The molecular formula is C13H15F2N3O2S. The predicted molar refractivity (Wildman–Crippen MR) is 73.1 cm³/mol. The van der Waals surface area contributed by atoms with Gasteiger partial charge in [0.2, 0.25) is 0 Å². The van der Waals surface area contributed by atoms with Crippen molar-refractivity contribution in [2.75, 3.05) is 0 Å². The number of hydrogen-bond acceptors (Lipinski definition) is 3. The summed E-state index contributed by atoms with van der Waals surface area (Å²) in [6.45, 7) is 3.19. The lowest BCUT2D eigenvalue weighted by Crippen LogP contribution is -2.28. The van der Waals surface area contributed by atoms with Crippen LogP contribution in [0.1, 0.15) is 31.3 Å². The molecule has 2 rings (SSSR count). The number of imidazole rings is 1. The Hall–Kier alpha value is -1.80. The van der Waals surface area contributed by atoms with Gasteiger partial charge in [-0.2, -0.15) is 0 Å². The Balaban J connectivity index is 2.28. The molecule has 0 bridgehead atoms. The number of nitrogens with one attached hydrogen (secondary N) is 2. The first-order valence-electron chi connectivity index (χ1n) is 6.35. The molecule has 0 fully saturated rings. The molecule has 0 amide bonds. The summed E-state index contributed by atoms with van der Waals surface area (Å²) in [5.74, 6) is -1.09. The molecule has 5 nitrogen and oxygen atoms in total. The van der Waals surface area contributed by atoms with Crippen LogP contribution < -0.4 is 4.72 Å². The summed E-state index contributed by atoms with van der Waals surface area (Å²) in [6, 6.07) is 2.32. The fourth-order valence-electron chi connectivity index (χ4n) is 1.94. The molecule has 2 aromatic rings. The van der Waals surface area contributed by atoms with Crippen molar-refractivity contribution >= 4 is 10.0 Å². The summed E-state index contributed by atoms with van der Waals surface area (Å²) < 4.78 is 53.8. The molecule has 1 aromatic carbocycles. The van der Waals surface area contributed by atoms with Crippen molar-refractivity contribution in [3.63, 3.8) is 0 Å². The summed E-state index contributed by atoms with van der Waals surface area (Å²) >= 11 is 0. The van der Waals surface area contributed by atoms with Gasteiger partial charge in [0.1, 0.15) is 17.5 Å². The Morgan fingerprint density at radius 1 is 1.33 bits per heavy atom. The van der Waals surface area contributed by atoms with Crippen molar-refractivity contribution in [3.8, 4) is 0 Å². The number of rotatable bonds is 5. The third kappa shape index (κ3) is 3.27. The molecule has 8 heteroatoms. The van der Waals surface area contributed by atoms with Crippen LogP contribution in [0.4, 0.5) is 8.78 Å². The average molecular weight is 315 g/mol. The maximum atomic E-state index is 13.6. The molecule has 0 aliphatic heterocycles. The molecule has 0 spiro atoms. The van der Waals surface area contributed by atoms with Crippen LogP contribution in [0, 0.1) is 11.6 Å². The van der Waals surface area contributed by atoms with Crippen LogP contribution in [0.2, 0.25) is 0 Å². The van der Waals surface area contributed by atoms with Crippen molar-refractivity contribution in [2.45, 2.75) is 31.3 Å². The fraction of sp³-hybridized carbons (Fsp3) is 0.308. The first-order valence-corrected chi connectivity index (χ1v) is 7.83. The molecule has 0 saturated heterocycles. The van der Waals surface area contributed by atoms with Gasteiger partial charge in [0.25, 0.3) is 10.0 Å². The van der Waals surface area contributed by atoms with Crippen LogP contribution >= 0.6 is 0 Å². The topological polar surface area (TPSA) is 74.8 Å². The molecule has 1 aromatic heterocycles. The van der Waals surface area contributed by atoms with Gasteiger partial charge in [-0.25, -0.2) is 26.9 Å². The minimum Gasteiger partial charge on any atom is -0.332 e. The van der Waals surface area contributed by atoms with Crippen molar-refractivity contribution in [3.05, 3.63) is 47.4 Å². The quantitative estimate of drug-likeness (QED) is 0.889. The second kappa shape index (κ2) is 5.90. The molecule has 114 valence electrons. The third-order valence-corrected chi connectivity index (χ3v) is 4.44. The lowest BCUT2D eigenvalue weighted by atomic mass is 10.1. The summed E-state index contributed by atoms with van der Waals surface area (Å²) in [7, 11) is -3.93. The van der Waals surface area contributed by atoms with E-state index in [1.165, 1.54) is 19.2 Å².